The van der Waals surface area contributed by atoms with E-state index in [1.54, 1.807) is 11.8 Å². The molecule has 0 fully saturated rings. The van der Waals surface area contributed by atoms with E-state index in [-0.39, 0.29) is 12.5 Å². The SMILES string of the molecule is CC/C=C\C=C1/CC(C(C)C(CN)C(=O)O)=CS1. The number of carbonyl (C=O) groups is 1. The van der Waals surface area contributed by atoms with Gasteiger partial charge in [-0.3, -0.25) is 4.79 Å². The van der Waals surface area contributed by atoms with Crippen LogP contribution >= 0.6 is 11.8 Å². The van der Waals surface area contributed by atoms with Gasteiger partial charge in [-0.05, 0) is 22.7 Å². The lowest BCUT2D eigenvalue weighted by Crippen LogP contribution is -2.30. The van der Waals surface area contributed by atoms with Crippen molar-refractivity contribution in [3.05, 3.63) is 34.1 Å². The molecule has 1 aliphatic rings. The molecule has 0 aromatic carbocycles. The summed E-state index contributed by atoms with van der Waals surface area (Å²) in [5.41, 5.74) is 6.71. The van der Waals surface area contributed by atoms with Crippen molar-refractivity contribution < 1.29 is 9.90 Å². The third kappa shape index (κ3) is 4.03. The van der Waals surface area contributed by atoms with Crippen molar-refractivity contribution in [1.82, 2.24) is 0 Å². The Labute approximate surface area is 113 Å². The lowest BCUT2D eigenvalue weighted by Gasteiger charge is -2.19. The first kappa shape index (κ1) is 15.1. The van der Waals surface area contributed by atoms with E-state index in [1.165, 1.54) is 10.5 Å². The molecule has 4 heteroatoms. The molecule has 1 heterocycles. The molecule has 0 saturated carbocycles. The van der Waals surface area contributed by atoms with Crippen LogP contribution in [0.5, 0.6) is 0 Å². The second-order valence-corrected chi connectivity index (χ2v) is 5.42. The molecule has 1 rings (SSSR count). The summed E-state index contributed by atoms with van der Waals surface area (Å²) < 4.78 is 0. The van der Waals surface area contributed by atoms with Gasteiger partial charge in [0.1, 0.15) is 0 Å². The van der Waals surface area contributed by atoms with Crippen LogP contribution in [0.25, 0.3) is 0 Å². The fourth-order valence-corrected chi connectivity index (χ4v) is 2.90. The number of aliphatic carboxylic acids is 1. The standard InChI is InChI=1S/C14H21NO2S/c1-3-4-5-6-12-7-11(9-18-12)10(2)13(8-15)14(16)17/h4-6,9-10,13H,3,7-8,15H2,1-2H3,(H,16,17)/b5-4-,12-6+. The topological polar surface area (TPSA) is 63.3 Å². The van der Waals surface area contributed by atoms with Gasteiger partial charge in [0.25, 0.3) is 0 Å². The molecule has 18 heavy (non-hydrogen) atoms. The quantitative estimate of drug-likeness (QED) is 0.776. The van der Waals surface area contributed by atoms with Crippen LogP contribution in [0.15, 0.2) is 34.1 Å². The summed E-state index contributed by atoms with van der Waals surface area (Å²) in [5, 5.41) is 11.2. The largest absolute Gasteiger partial charge is 0.481 e. The Balaban J connectivity index is 2.63. The molecule has 0 saturated heterocycles. The summed E-state index contributed by atoms with van der Waals surface area (Å²) in [5.74, 6) is -1.29. The van der Waals surface area contributed by atoms with Gasteiger partial charge in [0.05, 0.1) is 5.92 Å². The molecular formula is C14H21NO2S. The fourth-order valence-electron chi connectivity index (χ4n) is 1.89. The van der Waals surface area contributed by atoms with Crippen molar-refractivity contribution in [2.24, 2.45) is 17.6 Å². The average molecular weight is 267 g/mol. The molecule has 2 atom stereocenters. The predicted molar refractivity (Wildman–Crippen MR) is 77.1 cm³/mol. The van der Waals surface area contributed by atoms with Crippen LogP contribution in [0.3, 0.4) is 0 Å². The number of nitrogens with two attached hydrogens (primary N) is 1. The molecule has 0 amide bonds. The highest BCUT2D eigenvalue weighted by Crippen LogP contribution is 2.39. The van der Waals surface area contributed by atoms with E-state index in [1.807, 2.05) is 6.92 Å². The minimum Gasteiger partial charge on any atom is -0.481 e. The summed E-state index contributed by atoms with van der Waals surface area (Å²) in [4.78, 5) is 12.3. The highest BCUT2D eigenvalue weighted by molar-refractivity contribution is 8.06. The van der Waals surface area contributed by atoms with Crippen LogP contribution in [0, 0.1) is 11.8 Å². The zero-order valence-electron chi connectivity index (χ0n) is 10.9. The van der Waals surface area contributed by atoms with E-state index in [0.717, 1.165) is 12.8 Å². The first-order valence-corrected chi connectivity index (χ1v) is 7.12. The smallest absolute Gasteiger partial charge is 0.308 e. The maximum absolute atomic E-state index is 11.1. The number of carboxylic acid groups (broad SMARTS) is 1. The highest BCUT2D eigenvalue weighted by atomic mass is 32.2. The number of rotatable bonds is 6. The monoisotopic (exact) mass is 267 g/mol. The Morgan fingerprint density at radius 2 is 2.39 bits per heavy atom. The molecule has 0 radical (unpaired) electrons. The number of allylic oxidation sites excluding steroid dienone is 5. The van der Waals surface area contributed by atoms with Crippen LogP contribution in [0.2, 0.25) is 0 Å². The third-order valence-corrected chi connectivity index (χ3v) is 4.16. The predicted octanol–water partition coefficient (Wildman–Crippen LogP) is 3.15. The van der Waals surface area contributed by atoms with E-state index in [0.29, 0.717) is 0 Å². The summed E-state index contributed by atoms with van der Waals surface area (Å²) in [6.45, 7) is 4.23. The van der Waals surface area contributed by atoms with Crippen molar-refractivity contribution in [3.8, 4) is 0 Å². The van der Waals surface area contributed by atoms with Gasteiger partial charge in [-0.2, -0.15) is 0 Å². The summed E-state index contributed by atoms with van der Waals surface area (Å²) in [6.07, 6.45) is 8.14. The lowest BCUT2D eigenvalue weighted by molar-refractivity contribution is -0.142. The molecule has 3 N–H and O–H groups in total. The second-order valence-electron chi connectivity index (χ2n) is 4.43. The molecule has 0 aliphatic carbocycles. The van der Waals surface area contributed by atoms with Crippen LogP contribution in [0.1, 0.15) is 26.7 Å². The molecule has 1 aliphatic heterocycles. The Kier molecular flexibility index (Phi) is 6.22. The van der Waals surface area contributed by atoms with Crippen LogP contribution < -0.4 is 5.73 Å². The molecule has 0 aromatic heterocycles. The minimum atomic E-state index is -0.806. The van der Waals surface area contributed by atoms with Gasteiger partial charge in [0.2, 0.25) is 0 Å². The minimum absolute atomic E-state index is 0.000977. The van der Waals surface area contributed by atoms with Crippen molar-refractivity contribution in [2.75, 3.05) is 6.54 Å². The average Bonchev–Trinajstić information content (AvgIpc) is 2.78. The van der Waals surface area contributed by atoms with E-state index >= 15 is 0 Å². The Morgan fingerprint density at radius 1 is 1.67 bits per heavy atom. The fraction of sp³-hybridized carbons (Fsp3) is 0.500. The Hall–Kier alpha value is -1.00. The number of carboxylic acids is 1. The zero-order valence-corrected chi connectivity index (χ0v) is 11.7. The summed E-state index contributed by atoms with van der Waals surface area (Å²) >= 11 is 1.68. The molecular weight excluding hydrogens is 246 g/mol. The van der Waals surface area contributed by atoms with Gasteiger partial charge in [-0.25, -0.2) is 0 Å². The maximum atomic E-state index is 11.1. The van der Waals surface area contributed by atoms with E-state index in [2.05, 4.69) is 30.6 Å². The summed E-state index contributed by atoms with van der Waals surface area (Å²) in [6, 6.07) is 0. The van der Waals surface area contributed by atoms with E-state index in [4.69, 9.17) is 10.8 Å². The van der Waals surface area contributed by atoms with Crippen molar-refractivity contribution >= 4 is 17.7 Å². The Morgan fingerprint density at radius 3 is 2.94 bits per heavy atom. The third-order valence-electron chi connectivity index (χ3n) is 3.15. The van der Waals surface area contributed by atoms with Crippen molar-refractivity contribution in [2.45, 2.75) is 26.7 Å². The second kappa shape index (κ2) is 7.44. The molecule has 100 valence electrons. The first-order valence-electron chi connectivity index (χ1n) is 6.24. The number of hydrogen-bond donors (Lipinski definition) is 2. The first-order chi connectivity index (χ1) is 8.60. The van der Waals surface area contributed by atoms with Gasteiger partial charge in [-0.1, -0.05) is 37.6 Å². The number of thioether (sulfide) groups is 1. The van der Waals surface area contributed by atoms with Gasteiger partial charge in [0.15, 0.2) is 0 Å². The van der Waals surface area contributed by atoms with Gasteiger partial charge in [-0.15, -0.1) is 11.8 Å². The number of hydrogen-bond acceptors (Lipinski definition) is 3. The highest BCUT2D eigenvalue weighted by Gasteiger charge is 2.28. The van der Waals surface area contributed by atoms with Gasteiger partial charge >= 0.3 is 5.97 Å². The van der Waals surface area contributed by atoms with Crippen LogP contribution in [-0.2, 0) is 4.79 Å². The summed E-state index contributed by atoms with van der Waals surface area (Å²) in [7, 11) is 0. The normalized spacial score (nSPS) is 21.3. The molecule has 2 unspecified atom stereocenters. The van der Waals surface area contributed by atoms with Gasteiger partial charge < -0.3 is 10.8 Å². The maximum Gasteiger partial charge on any atom is 0.308 e. The van der Waals surface area contributed by atoms with Crippen molar-refractivity contribution in [1.29, 1.82) is 0 Å². The van der Waals surface area contributed by atoms with Crippen LogP contribution in [0.4, 0.5) is 0 Å². The molecule has 0 spiro atoms. The van der Waals surface area contributed by atoms with Crippen LogP contribution in [-0.4, -0.2) is 17.6 Å². The van der Waals surface area contributed by atoms with Crippen molar-refractivity contribution in [3.63, 3.8) is 0 Å². The molecule has 3 nitrogen and oxygen atoms in total. The van der Waals surface area contributed by atoms with E-state index < -0.39 is 11.9 Å². The lowest BCUT2D eigenvalue weighted by atomic mass is 9.86. The van der Waals surface area contributed by atoms with Gasteiger partial charge in [0, 0.05) is 13.0 Å². The zero-order chi connectivity index (χ0) is 13.5. The Bertz CT molecular complexity index is 385. The molecule has 0 bridgehead atoms. The molecule has 0 aromatic rings. The van der Waals surface area contributed by atoms with E-state index in [9.17, 15) is 4.79 Å².